The summed E-state index contributed by atoms with van der Waals surface area (Å²) in [7, 11) is 1.76. The van der Waals surface area contributed by atoms with E-state index < -0.39 is 0 Å². The number of hydrogen-bond acceptors (Lipinski definition) is 3. The predicted molar refractivity (Wildman–Crippen MR) is 79.3 cm³/mol. The Bertz CT molecular complexity index is 444. The molecular weight excluding hydrogens is 271 g/mol. The molecule has 1 amide bonds. The molecule has 0 radical (unpaired) electrons. The van der Waals surface area contributed by atoms with E-state index in [1.807, 2.05) is 0 Å². The number of piperidine rings is 1. The Morgan fingerprint density at radius 2 is 2.00 bits per heavy atom. The van der Waals surface area contributed by atoms with Crippen molar-refractivity contribution in [2.24, 2.45) is 0 Å². The molecule has 0 spiro atoms. The molecular formula is C16H23FN2O2. The second-order valence-electron chi connectivity index (χ2n) is 5.45. The summed E-state index contributed by atoms with van der Waals surface area (Å²) in [5, 5.41) is 3.28. The van der Waals surface area contributed by atoms with Gasteiger partial charge in [0.05, 0.1) is 19.1 Å². The van der Waals surface area contributed by atoms with E-state index in [4.69, 9.17) is 4.74 Å². The number of nitrogens with zero attached hydrogens (tertiary/aromatic N) is 1. The van der Waals surface area contributed by atoms with Gasteiger partial charge < -0.3 is 15.0 Å². The maximum absolute atomic E-state index is 12.8. The Labute approximate surface area is 125 Å². The van der Waals surface area contributed by atoms with Crippen molar-refractivity contribution in [3.8, 4) is 0 Å². The van der Waals surface area contributed by atoms with Crippen LogP contribution in [0, 0.1) is 5.82 Å². The molecule has 0 saturated carbocycles. The first-order valence-corrected chi connectivity index (χ1v) is 7.46. The first-order valence-electron chi connectivity index (χ1n) is 7.46. The van der Waals surface area contributed by atoms with Crippen molar-refractivity contribution in [3.05, 3.63) is 35.6 Å². The van der Waals surface area contributed by atoms with Crippen molar-refractivity contribution >= 4 is 5.91 Å². The van der Waals surface area contributed by atoms with Gasteiger partial charge in [0, 0.05) is 13.6 Å². The number of nitrogens with one attached hydrogen (secondary N) is 1. The van der Waals surface area contributed by atoms with Crippen molar-refractivity contribution < 1.29 is 13.9 Å². The van der Waals surface area contributed by atoms with Crippen LogP contribution in [0.4, 0.5) is 4.39 Å². The second-order valence-corrected chi connectivity index (χ2v) is 5.45. The molecule has 1 aliphatic rings. The van der Waals surface area contributed by atoms with E-state index in [9.17, 15) is 9.18 Å². The lowest BCUT2D eigenvalue weighted by Crippen LogP contribution is -2.33. The summed E-state index contributed by atoms with van der Waals surface area (Å²) < 4.78 is 18.6. The molecule has 0 unspecified atom stereocenters. The molecule has 1 aliphatic heterocycles. The fourth-order valence-electron chi connectivity index (χ4n) is 2.42. The van der Waals surface area contributed by atoms with Crippen molar-refractivity contribution in [1.82, 2.24) is 10.2 Å². The fourth-order valence-corrected chi connectivity index (χ4v) is 2.42. The van der Waals surface area contributed by atoms with Gasteiger partial charge in [-0.15, -0.1) is 0 Å². The largest absolute Gasteiger partial charge is 0.378 e. The van der Waals surface area contributed by atoms with E-state index >= 15 is 0 Å². The number of halogens is 1. The van der Waals surface area contributed by atoms with Gasteiger partial charge in [-0.05, 0) is 43.6 Å². The lowest BCUT2D eigenvalue weighted by atomic mass is 10.1. The summed E-state index contributed by atoms with van der Waals surface area (Å²) in [5.74, 6) is -0.212. The van der Waals surface area contributed by atoms with Gasteiger partial charge in [0.25, 0.3) is 0 Å². The summed E-state index contributed by atoms with van der Waals surface area (Å²) in [6, 6.07) is 6.22. The van der Waals surface area contributed by atoms with Crippen LogP contribution in [0.2, 0.25) is 0 Å². The Kier molecular flexibility index (Phi) is 6.14. The summed E-state index contributed by atoms with van der Waals surface area (Å²) >= 11 is 0. The summed E-state index contributed by atoms with van der Waals surface area (Å²) in [4.78, 5) is 13.7. The standard InChI is InChI=1S/C16H23FN2O2/c1-19(12-13-2-4-14(17)5-3-13)16(20)8-11-21-15-6-9-18-10-7-15/h2-5,15,18H,6-12H2,1H3. The van der Waals surface area contributed by atoms with E-state index in [-0.39, 0.29) is 17.8 Å². The summed E-state index contributed by atoms with van der Waals surface area (Å²) in [6.45, 7) is 2.94. The summed E-state index contributed by atoms with van der Waals surface area (Å²) in [5.41, 5.74) is 0.923. The van der Waals surface area contributed by atoms with Gasteiger partial charge >= 0.3 is 0 Å². The Morgan fingerprint density at radius 1 is 1.33 bits per heavy atom. The highest BCUT2D eigenvalue weighted by Crippen LogP contribution is 2.09. The Morgan fingerprint density at radius 3 is 2.67 bits per heavy atom. The minimum Gasteiger partial charge on any atom is -0.378 e. The summed E-state index contributed by atoms with van der Waals surface area (Å²) in [6.07, 6.45) is 2.70. The zero-order valence-corrected chi connectivity index (χ0v) is 12.5. The van der Waals surface area contributed by atoms with Crippen LogP contribution in [0.25, 0.3) is 0 Å². The molecule has 1 fully saturated rings. The molecule has 0 aliphatic carbocycles. The Balaban J connectivity index is 1.68. The van der Waals surface area contributed by atoms with Gasteiger partial charge in [0.1, 0.15) is 5.82 Å². The van der Waals surface area contributed by atoms with Crippen LogP contribution in [0.1, 0.15) is 24.8 Å². The molecule has 2 rings (SSSR count). The molecule has 116 valence electrons. The van der Waals surface area contributed by atoms with Crippen LogP contribution in [-0.4, -0.2) is 43.7 Å². The van der Waals surface area contributed by atoms with E-state index in [1.54, 1.807) is 24.1 Å². The minimum atomic E-state index is -0.261. The van der Waals surface area contributed by atoms with Crippen LogP contribution in [0.3, 0.4) is 0 Å². The normalized spacial score (nSPS) is 15.9. The Hall–Kier alpha value is -1.46. The van der Waals surface area contributed by atoms with E-state index in [0.717, 1.165) is 31.5 Å². The van der Waals surface area contributed by atoms with Gasteiger partial charge in [0.2, 0.25) is 5.91 Å². The highest BCUT2D eigenvalue weighted by molar-refractivity contribution is 5.75. The van der Waals surface area contributed by atoms with Crippen molar-refractivity contribution in [3.63, 3.8) is 0 Å². The molecule has 1 saturated heterocycles. The van der Waals surface area contributed by atoms with Crippen molar-refractivity contribution in [2.75, 3.05) is 26.7 Å². The molecule has 0 bridgehead atoms. The maximum atomic E-state index is 12.8. The number of hydrogen-bond donors (Lipinski definition) is 1. The molecule has 1 aromatic rings. The van der Waals surface area contributed by atoms with E-state index in [0.29, 0.717) is 19.6 Å². The monoisotopic (exact) mass is 294 g/mol. The lowest BCUT2D eigenvalue weighted by molar-refractivity contribution is -0.132. The third kappa shape index (κ3) is 5.44. The van der Waals surface area contributed by atoms with Crippen LogP contribution in [-0.2, 0) is 16.1 Å². The average Bonchev–Trinajstić information content (AvgIpc) is 2.50. The number of ether oxygens (including phenoxy) is 1. The van der Waals surface area contributed by atoms with Crippen molar-refractivity contribution in [1.29, 1.82) is 0 Å². The second kappa shape index (κ2) is 8.10. The number of benzene rings is 1. The molecule has 1 N–H and O–H groups in total. The average molecular weight is 294 g/mol. The first kappa shape index (κ1) is 15.9. The molecule has 1 heterocycles. The molecule has 5 heteroatoms. The molecule has 0 atom stereocenters. The van der Waals surface area contributed by atoms with Gasteiger partial charge in [-0.2, -0.15) is 0 Å². The third-order valence-corrected chi connectivity index (χ3v) is 3.71. The van der Waals surface area contributed by atoms with Crippen LogP contribution >= 0.6 is 0 Å². The zero-order chi connectivity index (χ0) is 15.1. The minimum absolute atomic E-state index is 0.0493. The topological polar surface area (TPSA) is 41.6 Å². The first-order chi connectivity index (χ1) is 10.1. The van der Waals surface area contributed by atoms with Crippen LogP contribution in [0.5, 0.6) is 0 Å². The molecule has 0 aromatic heterocycles. The van der Waals surface area contributed by atoms with Gasteiger partial charge in [-0.1, -0.05) is 12.1 Å². The number of rotatable bonds is 6. The quantitative estimate of drug-likeness (QED) is 0.872. The van der Waals surface area contributed by atoms with Crippen molar-refractivity contribution in [2.45, 2.75) is 31.9 Å². The maximum Gasteiger partial charge on any atom is 0.224 e. The predicted octanol–water partition coefficient (Wildman–Crippen LogP) is 1.94. The number of amides is 1. The van der Waals surface area contributed by atoms with Gasteiger partial charge in [0.15, 0.2) is 0 Å². The van der Waals surface area contributed by atoms with E-state index in [2.05, 4.69) is 5.32 Å². The lowest BCUT2D eigenvalue weighted by Gasteiger charge is -2.23. The van der Waals surface area contributed by atoms with Gasteiger partial charge in [-0.3, -0.25) is 4.79 Å². The highest BCUT2D eigenvalue weighted by Gasteiger charge is 2.15. The zero-order valence-electron chi connectivity index (χ0n) is 12.5. The highest BCUT2D eigenvalue weighted by atomic mass is 19.1. The smallest absolute Gasteiger partial charge is 0.224 e. The van der Waals surface area contributed by atoms with Gasteiger partial charge in [-0.25, -0.2) is 4.39 Å². The number of carbonyl (C=O) groups excluding carboxylic acids is 1. The van der Waals surface area contributed by atoms with E-state index in [1.165, 1.54) is 12.1 Å². The van der Waals surface area contributed by atoms with Crippen LogP contribution in [0.15, 0.2) is 24.3 Å². The number of carbonyl (C=O) groups is 1. The SMILES string of the molecule is CN(Cc1ccc(F)cc1)C(=O)CCOC1CCNCC1. The van der Waals surface area contributed by atoms with Crippen LogP contribution < -0.4 is 5.32 Å². The fraction of sp³-hybridized carbons (Fsp3) is 0.562. The third-order valence-electron chi connectivity index (χ3n) is 3.71. The molecule has 4 nitrogen and oxygen atoms in total. The molecule has 21 heavy (non-hydrogen) atoms. The molecule has 1 aromatic carbocycles.